The number of nitrogens with one attached hydrogen (secondary N) is 1. The number of aromatic nitrogens is 3. The number of thioether (sulfide) groups is 1. The monoisotopic (exact) mass is 394 g/mol. The highest BCUT2D eigenvalue weighted by Gasteiger charge is 2.08. The molecule has 0 spiro atoms. The molecule has 0 bridgehead atoms. The molecule has 2 aromatic rings. The molecule has 0 aliphatic carbocycles. The lowest BCUT2D eigenvalue weighted by Crippen LogP contribution is -2.21. The molecule has 0 aliphatic heterocycles. The van der Waals surface area contributed by atoms with Crippen LogP contribution in [0.5, 0.6) is 0 Å². The van der Waals surface area contributed by atoms with Gasteiger partial charge in [0.1, 0.15) is 5.82 Å². The maximum Gasteiger partial charge on any atom is 0.276 e. The number of nitrogens with zero attached hydrogens (tertiary/aromatic N) is 3. The van der Waals surface area contributed by atoms with Gasteiger partial charge in [0.15, 0.2) is 5.96 Å². The summed E-state index contributed by atoms with van der Waals surface area (Å²) in [6.07, 6.45) is 4.84. The van der Waals surface area contributed by atoms with Crippen molar-refractivity contribution in [3.8, 4) is 0 Å². The predicted octanol–water partition coefficient (Wildman–Crippen LogP) is 2.65. The third-order valence-electron chi connectivity index (χ3n) is 3.81. The molecule has 0 aliphatic rings. The first-order valence-corrected chi connectivity index (χ1v) is 10.7. The van der Waals surface area contributed by atoms with Gasteiger partial charge in [-0.15, -0.1) is 11.3 Å². The molecule has 0 saturated carbocycles. The fourth-order valence-corrected chi connectivity index (χ4v) is 4.15. The molecule has 0 atom stereocenters. The van der Waals surface area contributed by atoms with Gasteiger partial charge >= 0.3 is 0 Å². The lowest BCUT2D eigenvalue weighted by Gasteiger charge is -2.07. The summed E-state index contributed by atoms with van der Waals surface area (Å²) in [5, 5.41) is 2.52. The van der Waals surface area contributed by atoms with Crippen LogP contribution in [0.3, 0.4) is 0 Å². The Balaban J connectivity index is 1.83. The maximum absolute atomic E-state index is 12.2. The van der Waals surface area contributed by atoms with Crippen LogP contribution in [-0.4, -0.2) is 26.7 Å². The highest BCUT2D eigenvalue weighted by atomic mass is 32.2. The zero-order chi connectivity index (χ0) is 18.9. The van der Waals surface area contributed by atoms with E-state index in [1.165, 1.54) is 11.3 Å². The Hall–Kier alpha value is -1.87. The van der Waals surface area contributed by atoms with E-state index in [1.54, 1.807) is 11.8 Å². The average molecular weight is 395 g/mol. The fourth-order valence-electron chi connectivity index (χ4n) is 2.50. The number of hydrogen-bond donors (Lipinski definition) is 3. The van der Waals surface area contributed by atoms with E-state index in [-0.39, 0.29) is 11.5 Å². The second-order valence-electron chi connectivity index (χ2n) is 6.01. The third kappa shape index (κ3) is 6.45. The number of aliphatic imine (C=N–C) groups is 1. The third-order valence-corrected chi connectivity index (χ3v) is 5.58. The van der Waals surface area contributed by atoms with Gasteiger partial charge in [-0.1, -0.05) is 19.8 Å². The summed E-state index contributed by atoms with van der Waals surface area (Å²) in [6, 6.07) is 0. The number of thiazole rings is 1. The van der Waals surface area contributed by atoms with Crippen LogP contribution < -0.4 is 17.0 Å². The Labute approximate surface area is 161 Å². The molecule has 7 nitrogen and oxygen atoms in total. The van der Waals surface area contributed by atoms with Crippen LogP contribution in [-0.2, 0) is 18.6 Å². The molecule has 0 aromatic carbocycles. The maximum atomic E-state index is 12.2. The Morgan fingerprint density at radius 1 is 1.31 bits per heavy atom. The van der Waals surface area contributed by atoms with Crippen LogP contribution in [0.25, 0.3) is 0 Å². The molecule has 142 valence electrons. The van der Waals surface area contributed by atoms with Crippen molar-refractivity contribution in [3.63, 3.8) is 0 Å². The number of guanidine groups is 1. The van der Waals surface area contributed by atoms with Crippen LogP contribution in [0.2, 0.25) is 0 Å². The summed E-state index contributed by atoms with van der Waals surface area (Å²) in [6.45, 7) is 4.12. The standard InChI is InChI=1S/C17H26N6OS2/c1-3-4-5-6-13-11(2)20-14(22-15(13)24)7-8-25-9-12-10-26-17(21-12)23-16(18)19/h10H,3-9H2,1-2H3,(H,20,22,24)(H4,18,19,21,23). The van der Waals surface area contributed by atoms with Crippen molar-refractivity contribution in [2.24, 2.45) is 16.5 Å². The van der Waals surface area contributed by atoms with E-state index in [0.717, 1.165) is 66.4 Å². The molecule has 0 saturated heterocycles. The summed E-state index contributed by atoms with van der Waals surface area (Å²) in [5.41, 5.74) is 13.3. The van der Waals surface area contributed by atoms with Crippen LogP contribution in [0.1, 0.15) is 49.0 Å². The van der Waals surface area contributed by atoms with Crippen LogP contribution in [0, 0.1) is 6.92 Å². The number of H-pyrrole nitrogens is 1. The Morgan fingerprint density at radius 2 is 2.12 bits per heavy atom. The van der Waals surface area contributed by atoms with E-state index in [1.807, 2.05) is 12.3 Å². The second-order valence-corrected chi connectivity index (χ2v) is 7.95. The quantitative estimate of drug-likeness (QED) is 0.323. The molecule has 9 heteroatoms. The van der Waals surface area contributed by atoms with Crippen molar-refractivity contribution in [2.75, 3.05) is 5.75 Å². The molecule has 26 heavy (non-hydrogen) atoms. The molecule has 2 heterocycles. The number of unbranched alkanes of at least 4 members (excludes halogenated alkanes) is 2. The summed E-state index contributed by atoms with van der Waals surface area (Å²) >= 11 is 3.15. The van der Waals surface area contributed by atoms with Crippen molar-refractivity contribution in [2.45, 2.75) is 51.7 Å². The van der Waals surface area contributed by atoms with Crippen LogP contribution in [0.15, 0.2) is 15.2 Å². The van der Waals surface area contributed by atoms with Gasteiger partial charge in [0.05, 0.1) is 5.69 Å². The van der Waals surface area contributed by atoms with E-state index in [0.29, 0.717) is 5.13 Å². The number of aromatic amines is 1. The molecule has 5 N–H and O–H groups in total. The number of hydrogen-bond acceptors (Lipinski definition) is 6. The predicted molar refractivity (Wildman–Crippen MR) is 110 cm³/mol. The highest BCUT2D eigenvalue weighted by molar-refractivity contribution is 7.98. The lowest BCUT2D eigenvalue weighted by atomic mass is 10.1. The average Bonchev–Trinajstić information content (AvgIpc) is 3.01. The van der Waals surface area contributed by atoms with Crippen molar-refractivity contribution in [3.05, 3.63) is 38.5 Å². The van der Waals surface area contributed by atoms with E-state index >= 15 is 0 Å². The van der Waals surface area contributed by atoms with E-state index < -0.39 is 0 Å². The van der Waals surface area contributed by atoms with Gasteiger partial charge in [0.2, 0.25) is 5.13 Å². The van der Waals surface area contributed by atoms with Crippen LogP contribution >= 0.6 is 23.1 Å². The Bertz CT molecular complexity index is 795. The molecule has 0 amide bonds. The van der Waals surface area contributed by atoms with E-state index in [9.17, 15) is 4.79 Å². The van der Waals surface area contributed by atoms with Crippen molar-refractivity contribution >= 4 is 34.2 Å². The molecule has 0 fully saturated rings. The SMILES string of the molecule is CCCCCc1c(C)[nH]c(CCSCc2csc(N=C(N)N)n2)nc1=O. The molecular weight excluding hydrogens is 368 g/mol. The topological polar surface area (TPSA) is 123 Å². The van der Waals surface area contributed by atoms with Crippen LogP contribution in [0.4, 0.5) is 5.13 Å². The number of aryl methyl sites for hydroxylation is 2. The fraction of sp³-hybridized carbons (Fsp3) is 0.529. The zero-order valence-corrected chi connectivity index (χ0v) is 16.9. The van der Waals surface area contributed by atoms with Gasteiger partial charge in [0.25, 0.3) is 5.56 Å². The van der Waals surface area contributed by atoms with Crippen molar-refractivity contribution < 1.29 is 0 Å². The Kier molecular flexibility index (Phi) is 8.11. The normalized spacial score (nSPS) is 10.8. The first-order valence-electron chi connectivity index (χ1n) is 8.70. The zero-order valence-electron chi connectivity index (χ0n) is 15.2. The van der Waals surface area contributed by atoms with Gasteiger partial charge in [-0.2, -0.15) is 21.7 Å². The minimum absolute atomic E-state index is 0.0158. The minimum Gasteiger partial charge on any atom is -0.370 e. The van der Waals surface area contributed by atoms with Gasteiger partial charge in [-0.3, -0.25) is 4.79 Å². The smallest absolute Gasteiger partial charge is 0.276 e. The van der Waals surface area contributed by atoms with Gasteiger partial charge in [-0.25, -0.2) is 4.98 Å². The number of nitrogens with two attached hydrogens (primary N) is 2. The Morgan fingerprint density at radius 3 is 2.81 bits per heavy atom. The second kappa shape index (κ2) is 10.3. The molecule has 0 radical (unpaired) electrons. The van der Waals surface area contributed by atoms with Gasteiger partial charge in [-0.05, 0) is 19.8 Å². The summed E-state index contributed by atoms with van der Waals surface area (Å²) < 4.78 is 0. The van der Waals surface area contributed by atoms with Gasteiger partial charge < -0.3 is 16.5 Å². The van der Waals surface area contributed by atoms with E-state index in [2.05, 4.69) is 26.9 Å². The summed E-state index contributed by atoms with van der Waals surface area (Å²) in [4.78, 5) is 28.0. The molecule has 2 aromatic heterocycles. The highest BCUT2D eigenvalue weighted by Crippen LogP contribution is 2.22. The van der Waals surface area contributed by atoms with Crippen molar-refractivity contribution in [1.82, 2.24) is 15.0 Å². The first-order chi connectivity index (χ1) is 12.5. The summed E-state index contributed by atoms with van der Waals surface area (Å²) in [7, 11) is 0. The number of rotatable bonds is 10. The van der Waals surface area contributed by atoms with Crippen molar-refractivity contribution in [1.29, 1.82) is 0 Å². The largest absolute Gasteiger partial charge is 0.370 e. The van der Waals surface area contributed by atoms with E-state index in [4.69, 9.17) is 11.5 Å². The molecule has 0 unspecified atom stereocenters. The lowest BCUT2D eigenvalue weighted by molar-refractivity contribution is 0.703. The first kappa shape index (κ1) is 20.4. The van der Waals surface area contributed by atoms with Gasteiger partial charge in [0, 0.05) is 34.6 Å². The summed E-state index contributed by atoms with van der Waals surface area (Å²) in [5.74, 6) is 2.39. The minimum atomic E-state index is -0.0845. The molecular formula is C17H26N6OS2. The molecule has 2 rings (SSSR count).